The molecule has 4 heteroatoms. The number of nitrogens with two attached hydrogens (primary N) is 1. The van der Waals surface area contributed by atoms with E-state index in [9.17, 15) is 4.79 Å². The second kappa shape index (κ2) is 6.48. The number of esters is 1. The molecule has 0 amide bonds. The summed E-state index contributed by atoms with van der Waals surface area (Å²) >= 11 is 1.63. The Bertz CT molecular complexity index is 303. The summed E-state index contributed by atoms with van der Waals surface area (Å²) in [5, 5.41) is 0. The Kier molecular flexibility index (Phi) is 5.21. The van der Waals surface area contributed by atoms with Gasteiger partial charge in [-0.1, -0.05) is 30.3 Å². The van der Waals surface area contributed by atoms with Crippen molar-refractivity contribution in [3.8, 4) is 0 Å². The first-order valence-electron chi connectivity index (χ1n) is 4.69. The normalized spacial score (nSPS) is 12.1. The maximum atomic E-state index is 11.0. The Hall–Kier alpha value is -1.00. The van der Waals surface area contributed by atoms with Crippen molar-refractivity contribution in [2.24, 2.45) is 5.73 Å². The van der Waals surface area contributed by atoms with E-state index in [1.54, 1.807) is 11.8 Å². The molecule has 0 bridgehead atoms. The fourth-order valence-electron chi connectivity index (χ4n) is 1.10. The summed E-state index contributed by atoms with van der Waals surface area (Å²) in [5.41, 5.74) is 6.83. The fourth-order valence-corrected chi connectivity index (χ4v) is 2.03. The van der Waals surface area contributed by atoms with Crippen molar-refractivity contribution in [3.63, 3.8) is 0 Å². The standard InChI is InChI=1S/C11H15NO2S/c1-14-11(13)10(12)8-15-7-9-5-3-2-4-6-9/h2-6,10H,7-8,12H2,1H3/t10-/m1/s1. The number of carbonyl (C=O) groups excluding carboxylic acids is 1. The highest BCUT2D eigenvalue weighted by molar-refractivity contribution is 7.98. The minimum atomic E-state index is -0.524. The van der Waals surface area contributed by atoms with Gasteiger partial charge < -0.3 is 10.5 Å². The van der Waals surface area contributed by atoms with Crippen molar-refractivity contribution >= 4 is 17.7 Å². The highest BCUT2D eigenvalue weighted by Gasteiger charge is 2.12. The number of ether oxygens (including phenoxy) is 1. The molecule has 82 valence electrons. The second-order valence-corrected chi connectivity index (χ2v) is 4.16. The maximum Gasteiger partial charge on any atom is 0.323 e. The lowest BCUT2D eigenvalue weighted by Crippen LogP contribution is -2.33. The fraction of sp³-hybridized carbons (Fsp3) is 0.364. The van der Waals surface area contributed by atoms with Gasteiger partial charge in [-0.2, -0.15) is 11.8 Å². The molecular formula is C11H15NO2S. The number of hydrogen-bond acceptors (Lipinski definition) is 4. The van der Waals surface area contributed by atoms with E-state index < -0.39 is 6.04 Å². The van der Waals surface area contributed by atoms with Crippen molar-refractivity contribution in [1.82, 2.24) is 0 Å². The number of rotatable bonds is 5. The van der Waals surface area contributed by atoms with Gasteiger partial charge in [0.15, 0.2) is 0 Å². The molecule has 1 aromatic rings. The molecule has 15 heavy (non-hydrogen) atoms. The molecule has 0 saturated carbocycles. The topological polar surface area (TPSA) is 52.3 Å². The minimum absolute atomic E-state index is 0.351. The zero-order valence-corrected chi connectivity index (χ0v) is 9.50. The number of methoxy groups -OCH3 is 1. The summed E-state index contributed by atoms with van der Waals surface area (Å²) < 4.78 is 4.54. The van der Waals surface area contributed by atoms with Gasteiger partial charge >= 0.3 is 5.97 Å². The Labute approximate surface area is 94.0 Å². The number of carbonyl (C=O) groups is 1. The first-order chi connectivity index (χ1) is 7.24. The molecule has 0 aromatic heterocycles. The molecule has 0 unspecified atom stereocenters. The monoisotopic (exact) mass is 225 g/mol. The summed E-state index contributed by atoms with van der Waals surface area (Å²) in [5.74, 6) is 1.10. The zero-order valence-electron chi connectivity index (χ0n) is 8.68. The number of thioether (sulfide) groups is 1. The van der Waals surface area contributed by atoms with E-state index in [2.05, 4.69) is 16.9 Å². The van der Waals surface area contributed by atoms with E-state index in [1.807, 2.05) is 18.2 Å². The molecule has 3 nitrogen and oxygen atoms in total. The average Bonchev–Trinajstić information content (AvgIpc) is 2.29. The van der Waals surface area contributed by atoms with E-state index in [0.29, 0.717) is 5.75 Å². The average molecular weight is 225 g/mol. The molecule has 1 aromatic carbocycles. The lowest BCUT2D eigenvalue weighted by Gasteiger charge is -2.08. The first-order valence-corrected chi connectivity index (χ1v) is 5.84. The maximum absolute atomic E-state index is 11.0. The van der Waals surface area contributed by atoms with Crippen molar-refractivity contribution in [3.05, 3.63) is 35.9 Å². The summed E-state index contributed by atoms with van der Waals surface area (Å²) in [6.45, 7) is 0. The molecule has 0 radical (unpaired) electrons. The van der Waals surface area contributed by atoms with Gasteiger partial charge in [0.05, 0.1) is 7.11 Å². The summed E-state index contributed by atoms with van der Waals surface area (Å²) in [4.78, 5) is 11.0. The molecule has 2 N–H and O–H groups in total. The van der Waals surface area contributed by atoms with Crippen molar-refractivity contribution in [2.45, 2.75) is 11.8 Å². The molecule has 0 heterocycles. The van der Waals surface area contributed by atoms with Crippen LogP contribution < -0.4 is 5.73 Å². The molecule has 0 aliphatic rings. The van der Waals surface area contributed by atoms with E-state index >= 15 is 0 Å². The molecule has 1 rings (SSSR count). The summed E-state index contributed by atoms with van der Waals surface area (Å²) in [6.07, 6.45) is 0. The second-order valence-electron chi connectivity index (χ2n) is 3.13. The highest BCUT2D eigenvalue weighted by atomic mass is 32.2. The largest absolute Gasteiger partial charge is 0.468 e. The summed E-state index contributed by atoms with van der Waals surface area (Å²) in [6, 6.07) is 9.55. The Balaban J connectivity index is 2.25. The number of hydrogen-bond donors (Lipinski definition) is 1. The summed E-state index contributed by atoms with van der Waals surface area (Å²) in [7, 11) is 1.35. The van der Waals surface area contributed by atoms with Gasteiger partial charge in [0, 0.05) is 11.5 Å². The van der Waals surface area contributed by atoms with Gasteiger partial charge in [0.1, 0.15) is 6.04 Å². The molecule has 0 fully saturated rings. The van der Waals surface area contributed by atoms with E-state index in [1.165, 1.54) is 12.7 Å². The van der Waals surface area contributed by atoms with Crippen LogP contribution >= 0.6 is 11.8 Å². The Morgan fingerprint density at radius 1 is 1.47 bits per heavy atom. The van der Waals surface area contributed by atoms with E-state index in [0.717, 1.165) is 5.75 Å². The molecule has 1 atom stereocenters. The lowest BCUT2D eigenvalue weighted by atomic mass is 10.2. The van der Waals surface area contributed by atoms with Gasteiger partial charge in [0.2, 0.25) is 0 Å². The van der Waals surface area contributed by atoms with Crippen LogP contribution in [-0.4, -0.2) is 24.9 Å². The quantitative estimate of drug-likeness (QED) is 0.770. The van der Waals surface area contributed by atoms with Crippen LogP contribution in [0.25, 0.3) is 0 Å². The van der Waals surface area contributed by atoms with Crippen LogP contribution in [0.4, 0.5) is 0 Å². The van der Waals surface area contributed by atoms with Crippen LogP contribution in [0.15, 0.2) is 30.3 Å². The predicted molar refractivity (Wildman–Crippen MR) is 62.6 cm³/mol. The van der Waals surface area contributed by atoms with Crippen LogP contribution in [0, 0.1) is 0 Å². The van der Waals surface area contributed by atoms with Crippen molar-refractivity contribution in [2.75, 3.05) is 12.9 Å². The third-order valence-corrected chi connectivity index (χ3v) is 3.05. The lowest BCUT2D eigenvalue weighted by molar-refractivity contribution is -0.141. The predicted octanol–water partition coefficient (Wildman–Crippen LogP) is 1.42. The SMILES string of the molecule is COC(=O)[C@H](N)CSCc1ccccc1. The Morgan fingerprint density at radius 3 is 2.73 bits per heavy atom. The van der Waals surface area contributed by atoms with Gasteiger partial charge in [0.25, 0.3) is 0 Å². The van der Waals surface area contributed by atoms with Crippen molar-refractivity contribution < 1.29 is 9.53 Å². The van der Waals surface area contributed by atoms with Crippen LogP contribution in [0.3, 0.4) is 0 Å². The third kappa shape index (κ3) is 4.36. The van der Waals surface area contributed by atoms with Crippen LogP contribution in [0.5, 0.6) is 0 Å². The molecular weight excluding hydrogens is 210 g/mol. The van der Waals surface area contributed by atoms with Crippen LogP contribution in [0.2, 0.25) is 0 Å². The Morgan fingerprint density at radius 2 is 2.13 bits per heavy atom. The molecule has 0 aliphatic heterocycles. The number of benzene rings is 1. The molecule has 0 spiro atoms. The van der Waals surface area contributed by atoms with Crippen LogP contribution in [0.1, 0.15) is 5.56 Å². The van der Waals surface area contributed by atoms with E-state index in [-0.39, 0.29) is 5.97 Å². The smallest absolute Gasteiger partial charge is 0.323 e. The van der Waals surface area contributed by atoms with Gasteiger partial charge in [-0.25, -0.2) is 0 Å². The minimum Gasteiger partial charge on any atom is -0.468 e. The molecule has 0 saturated heterocycles. The molecule has 0 aliphatic carbocycles. The highest BCUT2D eigenvalue weighted by Crippen LogP contribution is 2.12. The van der Waals surface area contributed by atoms with Gasteiger partial charge in [-0.15, -0.1) is 0 Å². The van der Waals surface area contributed by atoms with Gasteiger partial charge in [-0.05, 0) is 5.56 Å². The van der Waals surface area contributed by atoms with E-state index in [4.69, 9.17) is 5.73 Å². The van der Waals surface area contributed by atoms with Crippen LogP contribution in [-0.2, 0) is 15.3 Å². The third-order valence-electron chi connectivity index (χ3n) is 1.91. The van der Waals surface area contributed by atoms with Gasteiger partial charge in [-0.3, -0.25) is 4.79 Å². The zero-order chi connectivity index (χ0) is 11.1. The van der Waals surface area contributed by atoms with Crippen molar-refractivity contribution in [1.29, 1.82) is 0 Å². The first kappa shape index (κ1) is 12.1.